The molecule has 1 heterocycles. The lowest BCUT2D eigenvalue weighted by Gasteiger charge is -2.09. The molecule has 0 spiro atoms. The molecule has 0 aromatic rings. The summed E-state index contributed by atoms with van der Waals surface area (Å²) in [6, 6.07) is 0. The summed E-state index contributed by atoms with van der Waals surface area (Å²) in [6.45, 7) is 9.93. The summed E-state index contributed by atoms with van der Waals surface area (Å²) < 4.78 is 5.53. The molecule has 1 saturated heterocycles. The van der Waals surface area contributed by atoms with Gasteiger partial charge in [-0.3, -0.25) is 0 Å². The molecule has 1 N–H and O–H groups in total. The molecule has 0 aliphatic carbocycles. The fourth-order valence-electron chi connectivity index (χ4n) is 1.33. The molecule has 0 bridgehead atoms. The van der Waals surface area contributed by atoms with Crippen molar-refractivity contribution in [3.63, 3.8) is 0 Å². The van der Waals surface area contributed by atoms with Crippen molar-refractivity contribution >= 4 is 0 Å². The topological polar surface area (TPSA) is 21.3 Å². The second kappa shape index (κ2) is 5.33. The van der Waals surface area contributed by atoms with E-state index in [0.29, 0.717) is 0 Å². The standard InChI is InChI=1S/C10H19NO/c1-3-9(2)7-12-8-10-4-5-11-6-10/h10-11H,2-8H2,1H3. The Morgan fingerprint density at radius 1 is 1.67 bits per heavy atom. The molecular weight excluding hydrogens is 150 g/mol. The van der Waals surface area contributed by atoms with Gasteiger partial charge in [-0.25, -0.2) is 0 Å². The van der Waals surface area contributed by atoms with E-state index >= 15 is 0 Å². The molecule has 0 saturated carbocycles. The van der Waals surface area contributed by atoms with Crippen molar-refractivity contribution in [2.75, 3.05) is 26.3 Å². The van der Waals surface area contributed by atoms with Gasteiger partial charge in [0, 0.05) is 6.54 Å². The molecule has 1 rings (SSSR count). The van der Waals surface area contributed by atoms with Crippen molar-refractivity contribution in [1.29, 1.82) is 0 Å². The van der Waals surface area contributed by atoms with E-state index in [2.05, 4.69) is 18.8 Å². The third-order valence-corrected chi connectivity index (χ3v) is 2.32. The van der Waals surface area contributed by atoms with Gasteiger partial charge in [0.15, 0.2) is 0 Å². The Kier molecular flexibility index (Phi) is 4.33. The molecule has 0 aromatic heterocycles. The van der Waals surface area contributed by atoms with Crippen LogP contribution in [-0.4, -0.2) is 26.3 Å². The Morgan fingerprint density at radius 3 is 3.08 bits per heavy atom. The molecule has 1 aliphatic rings. The zero-order chi connectivity index (χ0) is 8.81. The summed E-state index contributed by atoms with van der Waals surface area (Å²) in [6.07, 6.45) is 2.29. The van der Waals surface area contributed by atoms with Crippen LogP contribution in [0.25, 0.3) is 0 Å². The highest BCUT2D eigenvalue weighted by molar-refractivity contribution is 4.92. The second-order valence-corrected chi connectivity index (χ2v) is 3.48. The summed E-state index contributed by atoms with van der Waals surface area (Å²) in [7, 11) is 0. The number of rotatable bonds is 5. The van der Waals surface area contributed by atoms with E-state index in [9.17, 15) is 0 Å². The fraction of sp³-hybridized carbons (Fsp3) is 0.800. The van der Waals surface area contributed by atoms with Crippen LogP contribution >= 0.6 is 0 Å². The molecular formula is C10H19NO. The average Bonchev–Trinajstić information content (AvgIpc) is 2.57. The highest BCUT2D eigenvalue weighted by Crippen LogP contribution is 2.08. The van der Waals surface area contributed by atoms with Gasteiger partial charge in [0.2, 0.25) is 0 Å². The molecule has 0 radical (unpaired) electrons. The smallest absolute Gasteiger partial charge is 0.0674 e. The molecule has 12 heavy (non-hydrogen) atoms. The van der Waals surface area contributed by atoms with Crippen molar-refractivity contribution in [1.82, 2.24) is 5.32 Å². The van der Waals surface area contributed by atoms with Crippen LogP contribution in [0.4, 0.5) is 0 Å². The number of nitrogens with one attached hydrogen (secondary N) is 1. The fourth-order valence-corrected chi connectivity index (χ4v) is 1.33. The van der Waals surface area contributed by atoms with E-state index in [4.69, 9.17) is 4.74 Å². The highest BCUT2D eigenvalue weighted by Gasteiger charge is 2.13. The molecule has 2 nitrogen and oxygen atoms in total. The predicted octanol–water partition coefficient (Wildman–Crippen LogP) is 1.58. The van der Waals surface area contributed by atoms with Gasteiger partial charge >= 0.3 is 0 Å². The second-order valence-electron chi connectivity index (χ2n) is 3.48. The summed E-state index contributed by atoms with van der Waals surface area (Å²) in [4.78, 5) is 0. The minimum atomic E-state index is 0.731. The van der Waals surface area contributed by atoms with E-state index in [1.54, 1.807) is 0 Å². The Balaban J connectivity index is 1.97. The first-order valence-corrected chi connectivity index (χ1v) is 4.78. The third kappa shape index (κ3) is 3.37. The van der Waals surface area contributed by atoms with Crippen LogP contribution in [0.15, 0.2) is 12.2 Å². The lowest BCUT2D eigenvalue weighted by molar-refractivity contribution is 0.123. The van der Waals surface area contributed by atoms with Crippen LogP contribution in [0.1, 0.15) is 19.8 Å². The SMILES string of the molecule is C=C(CC)COCC1CCNC1. The van der Waals surface area contributed by atoms with Crippen LogP contribution in [0.3, 0.4) is 0 Å². The Morgan fingerprint density at radius 2 is 2.50 bits per heavy atom. The molecule has 1 unspecified atom stereocenters. The summed E-state index contributed by atoms with van der Waals surface area (Å²) >= 11 is 0. The van der Waals surface area contributed by atoms with Crippen LogP contribution in [-0.2, 0) is 4.74 Å². The molecule has 1 atom stereocenters. The average molecular weight is 169 g/mol. The monoisotopic (exact) mass is 169 g/mol. The number of hydrogen-bond donors (Lipinski definition) is 1. The molecule has 70 valence electrons. The molecule has 1 aliphatic heterocycles. The largest absolute Gasteiger partial charge is 0.377 e. The molecule has 0 amide bonds. The van der Waals surface area contributed by atoms with Gasteiger partial charge in [0.05, 0.1) is 13.2 Å². The highest BCUT2D eigenvalue weighted by atomic mass is 16.5. The van der Waals surface area contributed by atoms with E-state index in [1.807, 2.05) is 0 Å². The van der Waals surface area contributed by atoms with Crippen LogP contribution in [0.2, 0.25) is 0 Å². The van der Waals surface area contributed by atoms with Gasteiger partial charge in [-0.2, -0.15) is 0 Å². The van der Waals surface area contributed by atoms with Crippen molar-refractivity contribution in [2.24, 2.45) is 5.92 Å². The number of hydrogen-bond acceptors (Lipinski definition) is 2. The van der Waals surface area contributed by atoms with Gasteiger partial charge in [-0.05, 0) is 25.3 Å². The molecule has 0 aromatic carbocycles. The van der Waals surface area contributed by atoms with Crippen molar-refractivity contribution in [2.45, 2.75) is 19.8 Å². The first kappa shape index (κ1) is 9.75. The maximum absolute atomic E-state index is 5.53. The lowest BCUT2D eigenvalue weighted by Crippen LogP contribution is -2.14. The van der Waals surface area contributed by atoms with Crippen molar-refractivity contribution in [3.8, 4) is 0 Å². The normalized spacial score (nSPS) is 22.9. The molecule has 2 heteroatoms. The first-order chi connectivity index (χ1) is 5.83. The van der Waals surface area contributed by atoms with Gasteiger partial charge in [0.25, 0.3) is 0 Å². The van der Waals surface area contributed by atoms with Crippen LogP contribution in [0, 0.1) is 5.92 Å². The van der Waals surface area contributed by atoms with Crippen molar-refractivity contribution < 1.29 is 4.74 Å². The lowest BCUT2D eigenvalue weighted by atomic mass is 10.1. The number of ether oxygens (including phenoxy) is 1. The Bertz CT molecular complexity index is 139. The van der Waals surface area contributed by atoms with Crippen molar-refractivity contribution in [3.05, 3.63) is 12.2 Å². The van der Waals surface area contributed by atoms with E-state index in [0.717, 1.165) is 38.6 Å². The van der Waals surface area contributed by atoms with Crippen LogP contribution < -0.4 is 5.32 Å². The summed E-state index contributed by atoms with van der Waals surface area (Å²) in [5.74, 6) is 0.731. The quantitative estimate of drug-likeness (QED) is 0.631. The van der Waals surface area contributed by atoms with E-state index in [-0.39, 0.29) is 0 Å². The first-order valence-electron chi connectivity index (χ1n) is 4.78. The predicted molar refractivity (Wildman–Crippen MR) is 51.2 cm³/mol. The van der Waals surface area contributed by atoms with Gasteiger partial charge in [-0.1, -0.05) is 19.1 Å². The van der Waals surface area contributed by atoms with Gasteiger partial charge in [0.1, 0.15) is 0 Å². The van der Waals surface area contributed by atoms with Gasteiger partial charge in [-0.15, -0.1) is 0 Å². The zero-order valence-corrected chi connectivity index (χ0v) is 7.94. The van der Waals surface area contributed by atoms with Crippen LogP contribution in [0.5, 0.6) is 0 Å². The van der Waals surface area contributed by atoms with E-state index in [1.165, 1.54) is 12.0 Å². The maximum Gasteiger partial charge on any atom is 0.0674 e. The third-order valence-electron chi connectivity index (χ3n) is 2.32. The Hall–Kier alpha value is -0.340. The minimum absolute atomic E-state index is 0.731. The van der Waals surface area contributed by atoms with Gasteiger partial charge < -0.3 is 10.1 Å². The zero-order valence-electron chi connectivity index (χ0n) is 7.94. The minimum Gasteiger partial charge on any atom is -0.377 e. The molecule has 1 fully saturated rings. The Labute approximate surface area is 75.0 Å². The summed E-state index contributed by atoms with van der Waals surface area (Å²) in [5, 5.41) is 3.32. The summed E-state index contributed by atoms with van der Waals surface area (Å²) in [5.41, 5.74) is 1.20. The maximum atomic E-state index is 5.53. The van der Waals surface area contributed by atoms with E-state index < -0.39 is 0 Å².